The van der Waals surface area contributed by atoms with E-state index in [4.69, 9.17) is 26.4 Å². The summed E-state index contributed by atoms with van der Waals surface area (Å²) < 4.78 is 16.3. The van der Waals surface area contributed by atoms with Gasteiger partial charge in [0.1, 0.15) is 17.9 Å². The molecular weight excluding hydrogens is 540 g/mol. The van der Waals surface area contributed by atoms with Gasteiger partial charge in [-0.15, -0.1) is 0 Å². The van der Waals surface area contributed by atoms with Crippen molar-refractivity contribution in [3.63, 3.8) is 0 Å². The van der Waals surface area contributed by atoms with Crippen LogP contribution in [0.15, 0.2) is 65.6 Å². The third-order valence-electron chi connectivity index (χ3n) is 5.73. The molecule has 1 saturated heterocycles. The van der Waals surface area contributed by atoms with Gasteiger partial charge in [0.25, 0.3) is 11.8 Å². The summed E-state index contributed by atoms with van der Waals surface area (Å²) >= 11 is 6.23. The Morgan fingerprint density at radius 1 is 1.03 bits per heavy atom. The molecule has 1 aliphatic rings. The van der Waals surface area contributed by atoms with Crippen LogP contribution in [0.5, 0.6) is 17.2 Å². The van der Waals surface area contributed by atoms with Crippen molar-refractivity contribution >= 4 is 52.2 Å². The fourth-order valence-corrected chi connectivity index (χ4v) is 4.88. The number of hydrogen-bond acceptors (Lipinski definition) is 8. The predicted octanol–water partition coefficient (Wildman–Crippen LogP) is 4.84. The van der Waals surface area contributed by atoms with Crippen molar-refractivity contribution < 1.29 is 33.7 Å². The maximum absolute atomic E-state index is 13.1. The van der Waals surface area contributed by atoms with Crippen LogP contribution < -0.4 is 19.6 Å². The Morgan fingerprint density at radius 2 is 1.72 bits per heavy atom. The van der Waals surface area contributed by atoms with Gasteiger partial charge >= 0.3 is 5.97 Å². The van der Waals surface area contributed by atoms with Crippen molar-refractivity contribution in [1.82, 2.24) is 10.4 Å². The Morgan fingerprint density at radius 3 is 2.33 bits per heavy atom. The summed E-state index contributed by atoms with van der Waals surface area (Å²) in [6, 6.07) is 17.5. The number of methoxy groups -OCH3 is 2. The van der Waals surface area contributed by atoms with Gasteiger partial charge in [0.2, 0.25) is 0 Å². The van der Waals surface area contributed by atoms with Crippen LogP contribution in [0, 0.1) is 6.92 Å². The first kappa shape index (κ1) is 27.7. The number of hydrogen-bond donors (Lipinski definition) is 2. The second kappa shape index (κ2) is 12.0. The summed E-state index contributed by atoms with van der Waals surface area (Å²) in [6.45, 7) is 2.40. The average molecular weight is 565 g/mol. The van der Waals surface area contributed by atoms with E-state index in [1.807, 2.05) is 31.2 Å². The van der Waals surface area contributed by atoms with Gasteiger partial charge in [-0.2, -0.15) is 5.01 Å². The molecule has 2 N–H and O–H groups in total. The first-order valence-electron chi connectivity index (χ1n) is 11.6. The minimum atomic E-state index is -1.26. The van der Waals surface area contributed by atoms with E-state index in [0.29, 0.717) is 17.9 Å². The number of nitrogens with one attached hydrogen (secondary N) is 1. The fourth-order valence-electron chi connectivity index (χ4n) is 3.71. The Hall–Kier alpha value is -4.35. The molecule has 0 radical (unpaired) electrons. The predicted molar refractivity (Wildman–Crippen MR) is 151 cm³/mol. The number of ether oxygens (including phenoxy) is 3. The largest absolute Gasteiger partial charge is 0.493 e. The number of thioether (sulfide) groups is 1. The van der Waals surface area contributed by atoms with Crippen molar-refractivity contribution in [2.45, 2.75) is 13.5 Å². The molecule has 3 aromatic rings. The topological polar surface area (TPSA) is 114 Å². The number of rotatable bonds is 9. The highest BCUT2D eigenvalue weighted by atomic mass is 32.2. The number of aryl methyl sites for hydroxylation is 1. The number of carboxylic acids is 1. The van der Waals surface area contributed by atoms with E-state index in [2.05, 4.69) is 5.43 Å². The molecule has 0 unspecified atom stereocenters. The number of aromatic carboxylic acids is 1. The smallest absolute Gasteiger partial charge is 0.340 e. The Labute approximate surface area is 234 Å². The lowest BCUT2D eigenvalue weighted by atomic mass is 10.0. The molecule has 9 nitrogen and oxygen atoms in total. The molecule has 11 heteroatoms. The van der Waals surface area contributed by atoms with Gasteiger partial charge < -0.3 is 19.3 Å². The van der Waals surface area contributed by atoms with E-state index in [1.54, 1.807) is 24.3 Å². The first-order chi connectivity index (χ1) is 18.7. The molecule has 0 spiro atoms. The lowest BCUT2D eigenvalue weighted by molar-refractivity contribution is -0.123. The van der Waals surface area contributed by atoms with Crippen molar-refractivity contribution in [2.75, 3.05) is 14.2 Å². The first-order valence-corrected chi connectivity index (χ1v) is 12.8. The van der Waals surface area contributed by atoms with Crippen molar-refractivity contribution in [3.8, 4) is 17.2 Å². The minimum Gasteiger partial charge on any atom is -0.493 e. The minimum absolute atomic E-state index is 0.0221. The van der Waals surface area contributed by atoms with E-state index < -0.39 is 17.8 Å². The molecule has 200 valence electrons. The highest BCUT2D eigenvalue weighted by Crippen LogP contribution is 2.37. The number of nitrogens with zero attached hydrogens (tertiary/aromatic N) is 1. The van der Waals surface area contributed by atoms with Gasteiger partial charge in [0.05, 0.1) is 19.1 Å². The van der Waals surface area contributed by atoms with Gasteiger partial charge in [0.15, 0.2) is 15.8 Å². The van der Waals surface area contributed by atoms with Crippen molar-refractivity contribution in [2.24, 2.45) is 0 Å². The van der Waals surface area contributed by atoms with Crippen LogP contribution in [0.1, 0.15) is 37.4 Å². The quantitative estimate of drug-likeness (QED) is 0.278. The summed E-state index contributed by atoms with van der Waals surface area (Å²) in [4.78, 5) is 38.0. The standard InChI is InChI=1S/C28H24N2O7S2/c1-16-4-6-17(7-5-16)15-37-20-11-8-18(9-12-20)25(31)29-30-26(32)22(39-28(30)38)14-19-10-13-21(35-2)24(36-3)23(19)27(33)34/h4-14H,15H2,1-3H3,(H,29,31)(H,33,34)/b22-14+. The Balaban J connectivity index is 1.45. The number of amides is 2. The van der Waals surface area contributed by atoms with Crippen LogP contribution in [0.3, 0.4) is 0 Å². The monoisotopic (exact) mass is 564 g/mol. The molecule has 39 heavy (non-hydrogen) atoms. The summed E-state index contributed by atoms with van der Waals surface area (Å²) in [6.07, 6.45) is 1.39. The van der Waals surface area contributed by atoms with E-state index in [-0.39, 0.29) is 31.9 Å². The van der Waals surface area contributed by atoms with Crippen LogP contribution in [0.4, 0.5) is 0 Å². The fraction of sp³-hybridized carbons (Fsp3) is 0.143. The second-order valence-electron chi connectivity index (χ2n) is 8.33. The molecule has 0 bridgehead atoms. The zero-order valence-electron chi connectivity index (χ0n) is 21.2. The van der Waals surface area contributed by atoms with Crippen molar-refractivity contribution in [3.05, 3.63) is 93.4 Å². The van der Waals surface area contributed by atoms with Crippen LogP contribution in [0.25, 0.3) is 6.08 Å². The van der Waals surface area contributed by atoms with Crippen LogP contribution in [0.2, 0.25) is 0 Å². The zero-order valence-corrected chi connectivity index (χ0v) is 22.9. The molecule has 1 heterocycles. The molecule has 2 amide bonds. The van der Waals surface area contributed by atoms with E-state index in [0.717, 1.165) is 27.9 Å². The number of carbonyl (C=O) groups is 3. The number of hydrazine groups is 1. The van der Waals surface area contributed by atoms with Gasteiger partial charge in [-0.1, -0.05) is 47.7 Å². The lowest BCUT2D eigenvalue weighted by Crippen LogP contribution is -2.44. The van der Waals surface area contributed by atoms with Gasteiger partial charge in [-0.05, 0) is 66.7 Å². The highest BCUT2D eigenvalue weighted by Gasteiger charge is 2.34. The summed E-state index contributed by atoms with van der Waals surface area (Å²) in [5.41, 5.74) is 5.04. The molecule has 0 saturated carbocycles. The van der Waals surface area contributed by atoms with E-state index >= 15 is 0 Å². The number of benzene rings is 3. The lowest BCUT2D eigenvalue weighted by Gasteiger charge is -2.16. The van der Waals surface area contributed by atoms with Gasteiger partial charge in [-0.3, -0.25) is 15.0 Å². The summed E-state index contributed by atoms with van der Waals surface area (Å²) in [5, 5.41) is 10.7. The molecule has 0 atom stereocenters. The molecule has 0 aliphatic carbocycles. The number of thiocarbonyl (C=S) groups is 1. The summed E-state index contributed by atoms with van der Waals surface area (Å²) in [5.74, 6) is -1.55. The Bertz CT molecular complexity index is 1470. The molecule has 1 aliphatic heterocycles. The maximum Gasteiger partial charge on any atom is 0.340 e. The normalized spacial score (nSPS) is 13.9. The molecular formula is C28H24N2O7S2. The molecule has 3 aromatic carbocycles. The third kappa shape index (κ3) is 6.21. The SMILES string of the molecule is COc1ccc(/C=C2/SC(=S)N(NC(=O)c3ccc(OCc4ccc(C)cc4)cc3)C2=O)c(C(=O)O)c1OC. The van der Waals surface area contributed by atoms with E-state index in [9.17, 15) is 19.5 Å². The summed E-state index contributed by atoms with van der Waals surface area (Å²) in [7, 11) is 2.72. The van der Waals surface area contributed by atoms with Crippen LogP contribution >= 0.6 is 24.0 Å². The number of carboxylic acid groups (broad SMARTS) is 1. The highest BCUT2D eigenvalue weighted by molar-refractivity contribution is 8.26. The molecule has 0 aromatic heterocycles. The molecule has 1 fully saturated rings. The van der Waals surface area contributed by atoms with Gasteiger partial charge in [0, 0.05) is 5.56 Å². The zero-order chi connectivity index (χ0) is 28.1. The number of carbonyl (C=O) groups excluding carboxylic acids is 2. The second-order valence-corrected chi connectivity index (χ2v) is 10.0. The third-order valence-corrected chi connectivity index (χ3v) is 7.03. The van der Waals surface area contributed by atoms with E-state index in [1.165, 1.54) is 32.4 Å². The maximum atomic E-state index is 13.1. The van der Waals surface area contributed by atoms with Crippen molar-refractivity contribution in [1.29, 1.82) is 0 Å². The molecule has 4 rings (SSSR count). The van der Waals surface area contributed by atoms with Crippen LogP contribution in [-0.4, -0.2) is 46.4 Å². The Kier molecular flexibility index (Phi) is 8.52. The van der Waals surface area contributed by atoms with Gasteiger partial charge in [-0.25, -0.2) is 4.79 Å². The average Bonchev–Trinajstić information content (AvgIpc) is 3.19. The van der Waals surface area contributed by atoms with Crippen LogP contribution in [-0.2, 0) is 11.4 Å².